The number of hydrogen-bond acceptors (Lipinski definition) is 5. The van der Waals surface area contributed by atoms with E-state index in [0.717, 1.165) is 11.3 Å². The first-order valence-corrected chi connectivity index (χ1v) is 9.30. The normalized spacial score (nSPS) is 10.2. The molecule has 0 unspecified atom stereocenters. The van der Waals surface area contributed by atoms with Crippen molar-refractivity contribution < 1.29 is 23.4 Å². The van der Waals surface area contributed by atoms with Crippen LogP contribution in [0.25, 0.3) is 0 Å². The third-order valence-corrected chi connectivity index (χ3v) is 4.30. The Kier molecular flexibility index (Phi) is 7.10. The summed E-state index contributed by atoms with van der Waals surface area (Å²) in [6.45, 7) is 0.371. The van der Waals surface area contributed by atoms with Gasteiger partial charge < -0.3 is 24.8 Å². The third kappa shape index (κ3) is 5.88. The zero-order valence-corrected chi connectivity index (χ0v) is 16.8. The Morgan fingerprint density at radius 3 is 2.23 bits per heavy atom. The van der Waals surface area contributed by atoms with E-state index in [1.54, 1.807) is 49.6 Å². The molecule has 7 heteroatoms. The Hall–Kier alpha value is -3.74. The van der Waals surface area contributed by atoms with Crippen LogP contribution >= 0.6 is 0 Å². The zero-order chi connectivity index (χ0) is 21.3. The molecule has 0 aromatic heterocycles. The number of halogens is 1. The van der Waals surface area contributed by atoms with Crippen molar-refractivity contribution in [2.24, 2.45) is 0 Å². The summed E-state index contributed by atoms with van der Waals surface area (Å²) in [5.41, 5.74) is 2.41. The molecule has 0 aliphatic heterocycles. The lowest BCUT2D eigenvalue weighted by molar-refractivity contribution is -0.118. The number of carbonyl (C=O) groups excluding carboxylic acids is 1. The molecule has 0 saturated carbocycles. The molecule has 30 heavy (non-hydrogen) atoms. The summed E-state index contributed by atoms with van der Waals surface area (Å²) in [7, 11) is 3.12. The van der Waals surface area contributed by atoms with E-state index in [4.69, 9.17) is 14.2 Å². The monoisotopic (exact) mass is 410 g/mol. The van der Waals surface area contributed by atoms with Crippen molar-refractivity contribution in [2.75, 3.05) is 31.5 Å². The number of anilines is 2. The van der Waals surface area contributed by atoms with E-state index in [9.17, 15) is 9.18 Å². The number of benzene rings is 3. The maximum Gasteiger partial charge on any atom is 0.262 e. The Morgan fingerprint density at radius 2 is 1.57 bits per heavy atom. The van der Waals surface area contributed by atoms with Crippen molar-refractivity contribution in [3.8, 4) is 17.2 Å². The van der Waals surface area contributed by atoms with E-state index >= 15 is 0 Å². The van der Waals surface area contributed by atoms with E-state index < -0.39 is 0 Å². The number of rotatable bonds is 9. The minimum absolute atomic E-state index is 0.157. The summed E-state index contributed by atoms with van der Waals surface area (Å²) < 4.78 is 29.1. The minimum atomic E-state index is -0.288. The van der Waals surface area contributed by atoms with Crippen LogP contribution in [0.15, 0.2) is 66.7 Å². The number of carbonyl (C=O) groups is 1. The molecule has 0 bridgehead atoms. The molecule has 6 nitrogen and oxygen atoms in total. The lowest BCUT2D eigenvalue weighted by Crippen LogP contribution is -2.20. The lowest BCUT2D eigenvalue weighted by Gasteiger charge is -2.13. The molecule has 3 rings (SSSR count). The molecule has 0 fully saturated rings. The number of ether oxygens (including phenoxy) is 3. The van der Waals surface area contributed by atoms with Gasteiger partial charge in [0.25, 0.3) is 5.91 Å². The Morgan fingerprint density at radius 1 is 0.867 bits per heavy atom. The molecule has 2 N–H and O–H groups in total. The van der Waals surface area contributed by atoms with Gasteiger partial charge in [-0.15, -0.1) is 0 Å². The molecule has 1 amide bonds. The summed E-state index contributed by atoms with van der Waals surface area (Å²) in [5.74, 6) is 1.13. The SMILES string of the molecule is COc1ccc(NC(=O)COc2ccc(CNc3ccc(F)cc3)cc2OC)cc1. The highest BCUT2D eigenvalue weighted by atomic mass is 19.1. The molecule has 3 aromatic carbocycles. The van der Waals surface area contributed by atoms with E-state index in [-0.39, 0.29) is 18.3 Å². The van der Waals surface area contributed by atoms with Crippen LogP contribution in [0, 0.1) is 5.82 Å². The molecule has 0 heterocycles. The second-order valence-corrected chi connectivity index (χ2v) is 6.41. The molecule has 0 saturated heterocycles. The summed E-state index contributed by atoms with van der Waals surface area (Å²) in [4.78, 5) is 12.1. The summed E-state index contributed by atoms with van der Waals surface area (Å²) >= 11 is 0. The van der Waals surface area contributed by atoms with Crippen molar-refractivity contribution in [3.63, 3.8) is 0 Å². The Bertz CT molecular complexity index is 975. The maximum atomic E-state index is 13.0. The van der Waals surface area contributed by atoms with Crippen molar-refractivity contribution in [1.29, 1.82) is 0 Å². The molecule has 0 aliphatic carbocycles. The highest BCUT2D eigenvalue weighted by molar-refractivity contribution is 5.91. The van der Waals surface area contributed by atoms with Gasteiger partial charge >= 0.3 is 0 Å². The fraction of sp³-hybridized carbons (Fsp3) is 0.174. The molecule has 0 radical (unpaired) electrons. The Balaban J connectivity index is 1.54. The van der Waals surface area contributed by atoms with Gasteiger partial charge in [-0.2, -0.15) is 0 Å². The zero-order valence-electron chi connectivity index (χ0n) is 16.8. The van der Waals surface area contributed by atoms with Gasteiger partial charge in [0.15, 0.2) is 18.1 Å². The van der Waals surface area contributed by atoms with Crippen molar-refractivity contribution in [3.05, 3.63) is 78.1 Å². The quantitative estimate of drug-likeness (QED) is 0.545. The van der Waals surface area contributed by atoms with Crippen LogP contribution in [0.4, 0.5) is 15.8 Å². The van der Waals surface area contributed by atoms with Gasteiger partial charge in [0.05, 0.1) is 14.2 Å². The average Bonchev–Trinajstić information content (AvgIpc) is 2.78. The third-order valence-electron chi connectivity index (χ3n) is 4.30. The van der Waals surface area contributed by atoms with Gasteiger partial charge in [0.2, 0.25) is 0 Å². The minimum Gasteiger partial charge on any atom is -0.497 e. The summed E-state index contributed by atoms with van der Waals surface area (Å²) in [6, 6.07) is 18.6. The van der Waals surface area contributed by atoms with Gasteiger partial charge in [-0.1, -0.05) is 6.07 Å². The average molecular weight is 410 g/mol. The lowest BCUT2D eigenvalue weighted by atomic mass is 10.2. The van der Waals surface area contributed by atoms with Gasteiger partial charge in [0, 0.05) is 17.9 Å². The van der Waals surface area contributed by atoms with Gasteiger partial charge in [-0.05, 0) is 66.2 Å². The van der Waals surface area contributed by atoms with Crippen molar-refractivity contribution in [1.82, 2.24) is 0 Å². The van der Waals surface area contributed by atoms with Gasteiger partial charge in [-0.3, -0.25) is 4.79 Å². The van der Waals surface area contributed by atoms with Crippen LogP contribution in [-0.2, 0) is 11.3 Å². The molecule has 0 atom stereocenters. The van der Waals surface area contributed by atoms with Crippen LogP contribution in [0.1, 0.15) is 5.56 Å². The first-order chi connectivity index (χ1) is 14.6. The smallest absolute Gasteiger partial charge is 0.262 e. The van der Waals surface area contributed by atoms with Crippen molar-refractivity contribution >= 4 is 17.3 Å². The predicted molar refractivity (Wildman–Crippen MR) is 114 cm³/mol. The second kappa shape index (κ2) is 10.2. The predicted octanol–water partition coefficient (Wildman–Crippen LogP) is 4.47. The standard InChI is InChI=1S/C23H23FN2O4/c1-28-20-10-8-19(9-11-20)26-23(27)15-30-21-12-3-16(13-22(21)29-2)14-25-18-6-4-17(24)5-7-18/h3-13,25H,14-15H2,1-2H3,(H,26,27). The fourth-order valence-corrected chi connectivity index (χ4v) is 2.73. The van der Waals surface area contributed by atoms with Crippen LogP contribution in [0.3, 0.4) is 0 Å². The number of methoxy groups -OCH3 is 2. The van der Waals surface area contributed by atoms with E-state index in [0.29, 0.717) is 29.5 Å². The van der Waals surface area contributed by atoms with Crippen LogP contribution in [0.2, 0.25) is 0 Å². The number of nitrogens with one attached hydrogen (secondary N) is 2. The number of hydrogen-bond donors (Lipinski definition) is 2. The molecule has 0 spiro atoms. The van der Waals surface area contributed by atoms with Gasteiger partial charge in [-0.25, -0.2) is 4.39 Å². The summed E-state index contributed by atoms with van der Waals surface area (Å²) in [5, 5.41) is 5.97. The topological polar surface area (TPSA) is 68.8 Å². The Labute approximate surface area is 174 Å². The van der Waals surface area contributed by atoms with Crippen LogP contribution < -0.4 is 24.8 Å². The molecular formula is C23H23FN2O4. The second-order valence-electron chi connectivity index (χ2n) is 6.41. The first-order valence-electron chi connectivity index (χ1n) is 9.30. The number of amides is 1. The maximum absolute atomic E-state index is 13.0. The molecule has 0 aliphatic rings. The molecule has 3 aromatic rings. The molecule has 156 valence electrons. The fourth-order valence-electron chi connectivity index (χ4n) is 2.73. The van der Waals surface area contributed by atoms with Gasteiger partial charge in [0.1, 0.15) is 11.6 Å². The summed E-state index contributed by atoms with van der Waals surface area (Å²) in [6.07, 6.45) is 0. The van der Waals surface area contributed by atoms with Crippen LogP contribution in [-0.4, -0.2) is 26.7 Å². The highest BCUT2D eigenvalue weighted by Crippen LogP contribution is 2.28. The van der Waals surface area contributed by atoms with E-state index in [1.165, 1.54) is 19.2 Å². The largest absolute Gasteiger partial charge is 0.497 e. The highest BCUT2D eigenvalue weighted by Gasteiger charge is 2.09. The van der Waals surface area contributed by atoms with Crippen molar-refractivity contribution in [2.45, 2.75) is 6.54 Å². The molecular weight excluding hydrogens is 387 g/mol. The van der Waals surface area contributed by atoms with E-state index in [1.807, 2.05) is 12.1 Å². The first kappa shape index (κ1) is 21.0. The van der Waals surface area contributed by atoms with E-state index in [2.05, 4.69) is 10.6 Å². The van der Waals surface area contributed by atoms with Crippen LogP contribution in [0.5, 0.6) is 17.2 Å².